The number of morpholine rings is 1. The molecule has 1 atom stereocenters. The second-order valence-corrected chi connectivity index (χ2v) is 5.21. The highest BCUT2D eigenvalue weighted by atomic mass is 16.5. The Morgan fingerprint density at radius 1 is 1.26 bits per heavy atom. The molecule has 1 N–H and O–H groups in total. The van der Waals surface area contributed by atoms with Gasteiger partial charge in [0.1, 0.15) is 0 Å². The minimum Gasteiger partial charge on any atom is -0.374 e. The molecule has 1 aromatic rings. The molecule has 19 heavy (non-hydrogen) atoms. The zero-order valence-electron chi connectivity index (χ0n) is 12.4. The third kappa shape index (κ3) is 3.48. The normalized spacial score (nSPS) is 19.4. The number of benzene rings is 1. The number of hydrogen-bond acceptors (Lipinski definition) is 3. The summed E-state index contributed by atoms with van der Waals surface area (Å²) in [4.78, 5) is 2.37. The van der Waals surface area contributed by atoms with Crippen LogP contribution in [0.15, 0.2) is 18.2 Å². The van der Waals surface area contributed by atoms with Crippen LogP contribution in [0, 0.1) is 0 Å². The first-order chi connectivity index (χ1) is 9.26. The van der Waals surface area contributed by atoms with Crippen molar-refractivity contribution in [1.82, 2.24) is 5.32 Å². The van der Waals surface area contributed by atoms with Gasteiger partial charge < -0.3 is 15.0 Å². The van der Waals surface area contributed by atoms with Gasteiger partial charge >= 0.3 is 0 Å². The van der Waals surface area contributed by atoms with E-state index in [1.807, 2.05) is 0 Å². The summed E-state index contributed by atoms with van der Waals surface area (Å²) < 4.78 is 5.81. The van der Waals surface area contributed by atoms with Crippen LogP contribution < -0.4 is 10.2 Å². The van der Waals surface area contributed by atoms with Crippen LogP contribution >= 0.6 is 0 Å². The van der Waals surface area contributed by atoms with Crippen molar-refractivity contribution in [3.8, 4) is 0 Å². The maximum atomic E-state index is 5.81. The molecule has 3 heteroatoms. The number of hydrogen-bond donors (Lipinski definition) is 1. The Kier molecular flexibility index (Phi) is 5.23. The molecule has 0 amide bonds. The molecule has 3 nitrogen and oxygen atoms in total. The zero-order chi connectivity index (χ0) is 13.7. The van der Waals surface area contributed by atoms with Gasteiger partial charge in [-0.05, 0) is 24.0 Å². The van der Waals surface area contributed by atoms with Crippen molar-refractivity contribution in [2.24, 2.45) is 0 Å². The number of rotatable bonds is 5. The lowest BCUT2D eigenvalue weighted by Crippen LogP contribution is -2.44. The van der Waals surface area contributed by atoms with Gasteiger partial charge in [0, 0.05) is 32.4 Å². The van der Waals surface area contributed by atoms with Gasteiger partial charge in [-0.15, -0.1) is 0 Å². The second-order valence-electron chi connectivity index (χ2n) is 5.21. The Morgan fingerprint density at radius 3 is 2.47 bits per heavy atom. The number of aryl methyl sites for hydroxylation is 2. The third-order valence-corrected chi connectivity index (χ3v) is 3.83. The van der Waals surface area contributed by atoms with Crippen LogP contribution in [0.5, 0.6) is 0 Å². The first-order valence-corrected chi connectivity index (χ1v) is 7.40. The second kappa shape index (κ2) is 6.92. The fourth-order valence-electron chi connectivity index (χ4n) is 2.84. The van der Waals surface area contributed by atoms with E-state index < -0.39 is 0 Å². The molecule has 1 aliphatic heterocycles. The van der Waals surface area contributed by atoms with Crippen molar-refractivity contribution in [1.29, 1.82) is 0 Å². The molecule has 106 valence electrons. The first kappa shape index (κ1) is 14.4. The lowest BCUT2D eigenvalue weighted by molar-refractivity contribution is 0.0340. The maximum Gasteiger partial charge on any atom is 0.0874 e. The largest absolute Gasteiger partial charge is 0.374 e. The number of ether oxygens (including phenoxy) is 1. The van der Waals surface area contributed by atoms with E-state index in [2.05, 4.69) is 49.3 Å². The van der Waals surface area contributed by atoms with Crippen LogP contribution in [0.4, 0.5) is 5.69 Å². The minimum absolute atomic E-state index is 0.299. The van der Waals surface area contributed by atoms with Crippen molar-refractivity contribution in [2.45, 2.75) is 32.8 Å². The summed E-state index contributed by atoms with van der Waals surface area (Å²) in [5, 5.41) is 3.40. The van der Waals surface area contributed by atoms with Gasteiger partial charge in [0.15, 0.2) is 0 Å². The zero-order valence-corrected chi connectivity index (χ0v) is 12.4. The van der Waals surface area contributed by atoms with Crippen LogP contribution in [-0.4, -0.2) is 39.4 Å². The van der Waals surface area contributed by atoms with Crippen molar-refractivity contribution < 1.29 is 4.74 Å². The molecule has 1 unspecified atom stereocenters. The van der Waals surface area contributed by atoms with Crippen molar-refractivity contribution in [3.05, 3.63) is 29.3 Å². The highest BCUT2D eigenvalue weighted by Crippen LogP contribution is 2.26. The van der Waals surface area contributed by atoms with Gasteiger partial charge in [-0.1, -0.05) is 32.0 Å². The molecule has 0 aromatic heterocycles. The molecule has 1 heterocycles. The van der Waals surface area contributed by atoms with Crippen LogP contribution in [0.1, 0.15) is 25.0 Å². The van der Waals surface area contributed by atoms with Crippen LogP contribution in [0.25, 0.3) is 0 Å². The average Bonchev–Trinajstić information content (AvgIpc) is 2.47. The highest BCUT2D eigenvalue weighted by molar-refractivity contribution is 5.59. The molecule has 2 rings (SSSR count). The molecule has 1 aliphatic rings. The predicted octanol–water partition coefficient (Wildman–Crippen LogP) is 2.24. The fourth-order valence-corrected chi connectivity index (χ4v) is 2.84. The minimum atomic E-state index is 0.299. The SMILES string of the molecule is CCc1cccc(CC)c1N(C)CC1CNCCO1. The lowest BCUT2D eigenvalue weighted by Gasteiger charge is -2.31. The van der Waals surface area contributed by atoms with Gasteiger partial charge in [-0.2, -0.15) is 0 Å². The van der Waals surface area contributed by atoms with E-state index in [-0.39, 0.29) is 0 Å². The number of nitrogens with one attached hydrogen (secondary N) is 1. The number of likely N-dealkylation sites (N-methyl/N-ethyl adjacent to an activating group) is 1. The Morgan fingerprint density at radius 2 is 1.95 bits per heavy atom. The van der Waals surface area contributed by atoms with Gasteiger partial charge in [-0.3, -0.25) is 0 Å². The quantitative estimate of drug-likeness (QED) is 0.881. The maximum absolute atomic E-state index is 5.81. The topological polar surface area (TPSA) is 24.5 Å². The number of nitrogens with zero attached hydrogens (tertiary/aromatic N) is 1. The molecule has 0 aliphatic carbocycles. The Hall–Kier alpha value is -1.06. The van der Waals surface area contributed by atoms with E-state index in [1.165, 1.54) is 16.8 Å². The van der Waals surface area contributed by atoms with E-state index in [9.17, 15) is 0 Å². The highest BCUT2D eigenvalue weighted by Gasteiger charge is 2.18. The van der Waals surface area contributed by atoms with Gasteiger partial charge in [0.05, 0.1) is 12.7 Å². The molecule has 0 spiro atoms. The van der Waals surface area contributed by atoms with E-state index in [4.69, 9.17) is 4.74 Å². The van der Waals surface area contributed by atoms with Crippen molar-refractivity contribution >= 4 is 5.69 Å². The van der Waals surface area contributed by atoms with E-state index in [0.29, 0.717) is 6.10 Å². The van der Waals surface area contributed by atoms with Crippen molar-refractivity contribution in [2.75, 3.05) is 38.2 Å². The first-order valence-electron chi connectivity index (χ1n) is 7.40. The summed E-state index contributed by atoms with van der Waals surface area (Å²) in [6, 6.07) is 6.66. The van der Waals surface area contributed by atoms with Crippen LogP contribution in [0.2, 0.25) is 0 Å². The average molecular weight is 262 g/mol. The molecule has 0 radical (unpaired) electrons. The smallest absolute Gasteiger partial charge is 0.0874 e. The van der Waals surface area contributed by atoms with Gasteiger partial charge in [0.25, 0.3) is 0 Å². The number of anilines is 1. The lowest BCUT2D eigenvalue weighted by atomic mass is 10.0. The monoisotopic (exact) mass is 262 g/mol. The molecule has 0 bridgehead atoms. The molecule has 1 aromatic carbocycles. The van der Waals surface area contributed by atoms with Crippen molar-refractivity contribution in [3.63, 3.8) is 0 Å². The van der Waals surface area contributed by atoms with Crippen LogP contribution in [-0.2, 0) is 17.6 Å². The summed E-state index contributed by atoms with van der Waals surface area (Å²) in [7, 11) is 2.19. The van der Waals surface area contributed by atoms with Gasteiger partial charge in [0.2, 0.25) is 0 Å². The predicted molar refractivity (Wildman–Crippen MR) is 81.1 cm³/mol. The summed E-state index contributed by atoms with van der Waals surface area (Å²) in [5.74, 6) is 0. The van der Waals surface area contributed by atoms with Gasteiger partial charge in [-0.25, -0.2) is 0 Å². The van der Waals surface area contributed by atoms with E-state index >= 15 is 0 Å². The fraction of sp³-hybridized carbons (Fsp3) is 0.625. The Balaban J connectivity index is 2.14. The summed E-state index contributed by atoms with van der Waals surface area (Å²) in [5.41, 5.74) is 4.28. The third-order valence-electron chi connectivity index (χ3n) is 3.83. The Labute approximate surface area is 116 Å². The Bertz CT molecular complexity index is 377. The molecule has 0 saturated carbocycles. The summed E-state index contributed by atoms with van der Waals surface area (Å²) >= 11 is 0. The van der Waals surface area contributed by atoms with Crippen LogP contribution in [0.3, 0.4) is 0 Å². The van der Waals surface area contributed by atoms with E-state index in [0.717, 1.165) is 39.1 Å². The molecular formula is C16H26N2O. The number of para-hydroxylation sites is 1. The molecular weight excluding hydrogens is 236 g/mol. The summed E-state index contributed by atoms with van der Waals surface area (Å²) in [6.45, 7) is 8.17. The molecule has 1 saturated heterocycles. The summed E-state index contributed by atoms with van der Waals surface area (Å²) in [6.07, 6.45) is 2.46. The standard InChI is InChI=1S/C16H26N2O/c1-4-13-7-6-8-14(5-2)16(13)18(3)12-15-11-17-9-10-19-15/h6-8,15,17H,4-5,9-12H2,1-3H3. The van der Waals surface area contributed by atoms with E-state index in [1.54, 1.807) is 0 Å². The molecule has 1 fully saturated rings.